The third kappa shape index (κ3) is 3.48. The van der Waals surface area contributed by atoms with E-state index in [0.29, 0.717) is 6.07 Å². The highest BCUT2D eigenvalue weighted by Crippen LogP contribution is 2.29. The molecule has 0 bridgehead atoms. The van der Waals surface area contributed by atoms with E-state index in [0.717, 1.165) is 0 Å². The quantitative estimate of drug-likeness (QED) is 0.834. The van der Waals surface area contributed by atoms with Crippen molar-refractivity contribution in [3.63, 3.8) is 0 Å². The van der Waals surface area contributed by atoms with E-state index in [1.807, 2.05) is 0 Å². The van der Waals surface area contributed by atoms with Crippen LogP contribution in [-0.2, 0) is 5.33 Å². The van der Waals surface area contributed by atoms with Gasteiger partial charge in [-0.2, -0.15) is 0 Å². The zero-order chi connectivity index (χ0) is 13.2. The maximum Gasteiger partial charge on any atom is 0.573 e. The van der Waals surface area contributed by atoms with E-state index in [2.05, 4.69) is 25.7 Å². The number of H-pyrrole nitrogens is 1. The molecule has 0 atom stereocenters. The lowest BCUT2D eigenvalue weighted by molar-refractivity contribution is -0.275. The highest BCUT2D eigenvalue weighted by atomic mass is 79.9. The number of hydrogen-bond acceptors (Lipinski definition) is 3. The summed E-state index contributed by atoms with van der Waals surface area (Å²) in [5.74, 6) is -2.61. The second kappa shape index (κ2) is 4.78. The first-order valence-corrected chi connectivity index (χ1v) is 5.18. The summed E-state index contributed by atoms with van der Waals surface area (Å²) in [5, 5.41) is 8.51. The first-order chi connectivity index (χ1) is 7.74. The van der Waals surface area contributed by atoms with Gasteiger partial charge in [-0.05, 0) is 0 Å². The van der Waals surface area contributed by atoms with Crippen molar-refractivity contribution in [2.45, 2.75) is 11.7 Å². The van der Waals surface area contributed by atoms with Crippen LogP contribution in [0.15, 0.2) is 10.9 Å². The summed E-state index contributed by atoms with van der Waals surface area (Å²) < 4.78 is 39.8. The number of aromatic nitrogens is 1. The Morgan fingerprint density at radius 1 is 1.53 bits per heavy atom. The molecule has 0 amide bonds. The summed E-state index contributed by atoms with van der Waals surface area (Å²) >= 11 is 2.82. The van der Waals surface area contributed by atoms with Crippen molar-refractivity contribution in [1.29, 1.82) is 0 Å². The number of ether oxygens (including phenoxy) is 1. The summed E-state index contributed by atoms with van der Waals surface area (Å²) in [6.07, 6.45) is -5.04. The van der Waals surface area contributed by atoms with Crippen molar-refractivity contribution in [2.24, 2.45) is 0 Å². The molecule has 17 heavy (non-hydrogen) atoms. The van der Waals surface area contributed by atoms with Crippen LogP contribution in [0.2, 0.25) is 0 Å². The SMILES string of the molecule is O=C(O)c1cc(=O)[nH]c(CBr)c1OC(F)(F)F. The fourth-order valence-electron chi connectivity index (χ4n) is 1.09. The third-order valence-corrected chi connectivity index (χ3v) is 2.21. The maximum absolute atomic E-state index is 12.1. The van der Waals surface area contributed by atoms with Crippen LogP contribution in [-0.4, -0.2) is 22.4 Å². The van der Waals surface area contributed by atoms with Gasteiger partial charge in [0.05, 0.1) is 5.69 Å². The molecule has 94 valence electrons. The Morgan fingerprint density at radius 3 is 2.53 bits per heavy atom. The van der Waals surface area contributed by atoms with Gasteiger partial charge in [-0.1, -0.05) is 15.9 Å². The number of hydrogen-bond donors (Lipinski definition) is 2. The summed E-state index contributed by atoms with van der Waals surface area (Å²) in [7, 11) is 0. The Morgan fingerprint density at radius 2 is 2.12 bits per heavy atom. The number of rotatable bonds is 3. The van der Waals surface area contributed by atoms with Crippen molar-refractivity contribution in [3.8, 4) is 5.75 Å². The van der Waals surface area contributed by atoms with Gasteiger partial charge >= 0.3 is 12.3 Å². The number of alkyl halides is 4. The molecule has 0 saturated heterocycles. The average molecular weight is 316 g/mol. The molecular weight excluding hydrogens is 311 g/mol. The number of pyridine rings is 1. The minimum atomic E-state index is -5.04. The molecule has 0 aromatic carbocycles. The number of carbonyl (C=O) groups is 1. The molecule has 0 fully saturated rings. The first-order valence-electron chi connectivity index (χ1n) is 4.06. The van der Waals surface area contributed by atoms with Crippen LogP contribution in [0.1, 0.15) is 16.1 Å². The lowest BCUT2D eigenvalue weighted by atomic mass is 10.2. The molecule has 1 heterocycles. The second-order valence-electron chi connectivity index (χ2n) is 2.84. The van der Waals surface area contributed by atoms with Gasteiger partial charge in [0, 0.05) is 11.4 Å². The summed E-state index contributed by atoms with van der Waals surface area (Å²) in [6.45, 7) is 0. The molecule has 0 aliphatic rings. The lowest BCUT2D eigenvalue weighted by Gasteiger charge is -2.13. The monoisotopic (exact) mass is 315 g/mol. The molecule has 0 saturated carbocycles. The van der Waals surface area contributed by atoms with Gasteiger partial charge in [-0.3, -0.25) is 4.79 Å². The first kappa shape index (κ1) is 13.6. The maximum atomic E-state index is 12.1. The summed E-state index contributed by atoms with van der Waals surface area (Å²) in [4.78, 5) is 23.8. The Bertz CT molecular complexity index is 497. The number of halogens is 4. The largest absolute Gasteiger partial charge is 0.573 e. The van der Waals surface area contributed by atoms with Crippen LogP contribution in [0, 0.1) is 0 Å². The van der Waals surface area contributed by atoms with Crippen LogP contribution < -0.4 is 10.3 Å². The highest BCUT2D eigenvalue weighted by molar-refractivity contribution is 9.08. The molecular formula is C8H5BrF3NO4. The molecule has 0 unspecified atom stereocenters. The fraction of sp³-hybridized carbons (Fsp3) is 0.250. The Kier molecular flexibility index (Phi) is 3.81. The van der Waals surface area contributed by atoms with Crippen LogP contribution >= 0.6 is 15.9 Å². The Hall–Kier alpha value is -1.51. The van der Waals surface area contributed by atoms with Gasteiger partial charge in [0.2, 0.25) is 5.56 Å². The molecule has 1 aromatic rings. The minimum Gasteiger partial charge on any atom is -0.478 e. The molecule has 0 spiro atoms. The summed E-state index contributed by atoms with van der Waals surface area (Å²) in [5.41, 5.74) is -1.97. The Balaban J connectivity index is 3.42. The van der Waals surface area contributed by atoms with Crippen molar-refractivity contribution < 1.29 is 27.8 Å². The smallest absolute Gasteiger partial charge is 0.478 e. The lowest BCUT2D eigenvalue weighted by Crippen LogP contribution is -2.23. The third-order valence-electron chi connectivity index (χ3n) is 1.65. The number of carboxylic acids is 1. The van der Waals surface area contributed by atoms with Crippen molar-refractivity contribution in [2.75, 3.05) is 0 Å². The highest BCUT2D eigenvalue weighted by Gasteiger charge is 2.34. The van der Waals surface area contributed by atoms with Crippen molar-refractivity contribution in [3.05, 3.63) is 27.7 Å². The molecule has 1 rings (SSSR count). The fourth-order valence-corrected chi connectivity index (χ4v) is 1.48. The molecule has 0 aliphatic heterocycles. The predicted octanol–water partition coefficient (Wildman–Crippen LogP) is 1.87. The standard InChI is InChI=1S/C8H5BrF3NO4/c9-2-4-6(17-8(10,11)12)3(7(15)16)1-5(14)13-4/h1H,2H2,(H,13,14)(H,15,16). The summed E-state index contributed by atoms with van der Waals surface area (Å²) in [6, 6.07) is 0.523. The molecule has 5 nitrogen and oxygen atoms in total. The van der Waals surface area contributed by atoms with E-state index < -0.39 is 29.2 Å². The molecule has 0 radical (unpaired) electrons. The molecule has 2 N–H and O–H groups in total. The van der Waals surface area contributed by atoms with Crippen LogP contribution in [0.3, 0.4) is 0 Å². The molecule has 0 aliphatic carbocycles. The zero-order valence-electron chi connectivity index (χ0n) is 7.97. The molecule has 9 heteroatoms. The van der Waals surface area contributed by atoms with Gasteiger partial charge in [-0.15, -0.1) is 13.2 Å². The topological polar surface area (TPSA) is 79.4 Å². The van der Waals surface area contributed by atoms with Gasteiger partial charge in [0.25, 0.3) is 0 Å². The number of carboxylic acid groups (broad SMARTS) is 1. The minimum absolute atomic E-state index is 0.186. The van der Waals surface area contributed by atoms with E-state index in [9.17, 15) is 22.8 Å². The number of nitrogens with one attached hydrogen (secondary N) is 1. The number of aromatic amines is 1. The van der Waals surface area contributed by atoms with E-state index >= 15 is 0 Å². The Labute approximate surface area is 100 Å². The zero-order valence-corrected chi connectivity index (χ0v) is 9.55. The van der Waals surface area contributed by atoms with Crippen LogP contribution in [0.4, 0.5) is 13.2 Å². The van der Waals surface area contributed by atoms with E-state index in [4.69, 9.17) is 5.11 Å². The van der Waals surface area contributed by atoms with Gasteiger partial charge in [0.1, 0.15) is 5.56 Å². The second-order valence-corrected chi connectivity index (χ2v) is 3.40. The normalized spacial score (nSPS) is 11.3. The predicted molar refractivity (Wildman–Crippen MR) is 53.3 cm³/mol. The van der Waals surface area contributed by atoms with Crippen molar-refractivity contribution in [1.82, 2.24) is 4.98 Å². The van der Waals surface area contributed by atoms with E-state index in [-0.39, 0.29) is 11.0 Å². The van der Waals surface area contributed by atoms with Crippen molar-refractivity contribution >= 4 is 21.9 Å². The van der Waals surface area contributed by atoms with Gasteiger partial charge < -0.3 is 14.8 Å². The van der Waals surface area contributed by atoms with Crippen LogP contribution in [0.25, 0.3) is 0 Å². The van der Waals surface area contributed by atoms with Crippen LogP contribution in [0.5, 0.6) is 5.75 Å². The van der Waals surface area contributed by atoms with E-state index in [1.165, 1.54) is 0 Å². The average Bonchev–Trinajstić information content (AvgIpc) is 2.17. The van der Waals surface area contributed by atoms with Gasteiger partial charge in [-0.25, -0.2) is 4.79 Å². The molecule has 1 aromatic heterocycles. The van der Waals surface area contributed by atoms with Gasteiger partial charge in [0.15, 0.2) is 5.75 Å². The van der Waals surface area contributed by atoms with E-state index in [1.54, 1.807) is 0 Å². The number of aromatic carboxylic acids is 1.